The summed E-state index contributed by atoms with van der Waals surface area (Å²) >= 11 is 9.18. The maximum absolute atomic E-state index is 12.3. The van der Waals surface area contributed by atoms with Crippen molar-refractivity contribution in [1.82, 2.24) is 9.88 Å². The molecule has 0 unspecified atom stereocenters. The van der Waals surface area contributed by atoms with E-state index in [0.717, 1.165) is 0 Å². The first-order chi connectivity index (χ1) is 11.4. The zero-order valence-electron chi connectivity index (χ0n) is 13.0. The molecule has 2 amide bonds. The van der Waals surface area contributed by atoms with Crippen LogP contribution >= 0.6 is 27.5 Å². The third-order valence-corrected chi connectivity index (χ3v) is 3.78. The van der Waals surface area contributed by atoms with Crippen molar-refractivity contribution in [3.63, 3.8) is 0 Å². The quantitative estimate of drug-likeness (QED) is 0.818. The van der Waals surface area contributed by atoms with Crippen molar-refractivity contribution >= 4 is 45.0 Å². The minimum absolute atomic E-state index is 0.124. The number of amides is 2. The zero-order valence-corrected chi connectivity index (χ0v) is 15.4. The Morgan fingerprint density at radius 1 is 1.33 bits per heavy atom. The summed E-state index contributed by atoms with van der Waals surface area (Å²) in [6.45, 7) is -0.124. The molecule has 1 heterocycles. The second kappa shape index (κ2) is 8.12. The topological polar surface area (TPSA) is 71.5 Å². The van der Waals surface area contributed by atoms with Crippen LogP contribution in [0.2, 0.25) is 5.02 Å². The van der Waals surface area contributed by atoms with Gasteiger partial charge in [0.1, 0.15) is 5.75 Å². The fraction of sp³-hybridized carbons (Fsp3) is 0.188. The highest BCUT2D eigenvalue weighted by molar-refractivity contribution is 9.10. The van der Waals surface area contributed by atoms with Crippen molar-refractivity contribution in [2.75, 3.05) is 26.0 Å². The van der Waals surface area contributed by atoms with E-state index in [1.165, 1.54) is 25.3 Å². The number of rotatable bonds is 5. The summed E-state index contributed by atoms with van der Waals surface area (Å²) in [5, 5.41) is 3.15. The lowest BCUT2D eigenvalue weighted by atomic mass is 10.2. The average Bonchev–Trinajstić information content (AvgIpc) is 2.54. The Kier molecular flexibility index (Phi) is 6.16. The van der Waals surface area contributed by atoms with E-state index < -0.39 is 0 Å². The summed E-state index contributed by atoms with van der Waals surface area (Å²) in [6, 6.07) is 6.54. The van der Waals surface area contributed by atoms with Gasteiger partial charge in [0.15, 0.2) is 0 Å². The molecule has 6 nitrogen and oxygen atoms in total. The molecule has 2 aromatic rings. The molecule has 0 saturated carbocycles. The van der Waals surface area contributed by atoms with Crippen LogP contribution in [0.1, 0.15) is 10.4 Å². The number of halogens is 2. The first-order valence-corrected chi connectivity index (χ1v) is 8.07. The summed E-state index contributed by atoms with van der Waals surface area (Å²) < 4.78 is 5.86. The molecule has 0 aliphatic carbocycles. The Bertz CT molecular complexity index is 770. The van der Waals surface area contributed by atoms with Gasteiger partial charge in [-0.05, 0) is 40.2 Å². The van der Waals surface area contributed by atoms with Crippen LogP contribution in [-0.4, -0.2) is 42.4 Å². The molecule has 0 atom stereocenters. The van der Waals surface area contributed by atoms with Crippen molar-refractivity contribution in [1.29, 1.82) is 0 Å². The molecule has 2 rings (SSSR count). The van der Waals surface area contributed by atoms with Crippen molar-refractivity contribution in [3.05, 3.63) is 51.7 Å². The lowest BCUT2D eigenvalue weighted by Crippen LogP contribution is -2.35. The molecular formula is C16H15BrClN3O3. The second-order valence-electron chi connectivity index (χ2n) is 4.95. The van der Waals surface area contributed by atoms with Gasteiger partial charge in [0, 0.05) is 28.9 Å². The molecule has 0 fully saturated rings. The maximum atomic E-state index is 12.3. The van der Waals surface area contributed by atoms with Crippen LogP contribution in [0, 0.1) is 0 Å². The van der Waals surface area contributed by atoms with Crippen molar-refractivity contribution < 1.29 is 14.3 Å². The molecular weight excluding hydrogens is 398 g/mol. The summed E-state index contributed by atoms with van der Waals surface area (Å²) in [5.41, 5.74) is 0.833. The van der Waals surface area contributed by atoms with Crippen LogP contribution in [0.3, 0.4) is 0 Å². The number of likely N-dealkylation sites (N-methyl/N-ethyl adjacent to an activating group) is 1. The SMILES string of the molecule is COc1ccc(Cl)cc1NC(=O)CN(C)C(=O)c1cncc(Br)c1. The summed E-state index contributed by atoms with van der Waals surface area (Å²) in [4.78, 5) is 29.7. The fourth-order valence-electron chi connectivity index (χ4n) is 2.00. The van der Waals surface area contributed by atoms with Crippen LogP contribution in [0.15, 0.2) is 41.1 Å². The molecule has 1 aromatic heterocycles. The number of nitrogens with one attached hydrogen (secondary N) is 1. The molecule has 0 radical (unpaired) electrons. The predicted octanol–water partition coefficient (Wildman–Crippen LogP) is 3.22. The Morgan fingerprint density at radius 2 is 2.08 bits per heavy atom. The van der Waals surface area contributed by atoms with Gasteiger partial charge < -0.3 is 15.0 Å². The smallest absolute Gasteiger partial charge is 0.255 e. The molecule has 8 heteroatoms. The van der Waals surface area contributed by atoms with E-state index in [4.69, 9.17) is 16.3 Å². The van der Waals surface area contributed by atoms with E-state index in [1.807, 2.05) is 0 Å². The van der Waals surface area contributed by atoms with Gasteiger partial charge in [0.2, 0.25) is 5.91 Å². The lowest BCUT2D eigenvalue weighted by molar-refractivity contribution is -0.116. The first-order valence-electron chi connectivity index (χ1n) is 6.90. The molecule has 126 valence electrons. The third-order valence-electron chi connectivity index (χ3n) is 3.11. The van der Waals surface area contributed by atoms with Gasteiger partial charge in [-0.25, -0.2) is 0 Å². The average molecular weight is 413 g/mol. The maximum Gasteiger partial charge on any atom is 0.255 e. The zero-order chi connectivity index (χ0) is 17.7. The van der Waals surface area contributed by atoms with Crippen LogP contribution in [0.25, 0.3) is 0 Å². The number of pyridine rings is 1. The number of carbonyl (C=O) groups excluding carboxylic acids is 2. The summed E-state index contributed by atoms with van der Waals surface area (Å²) in [5.74, 6) is -0.190. The molecule has 0 aliphatic rings. The number of methoxy groups -OCH3 is 1. The van der Waals surface area contributed by atoms with Gasteiger partial charge in [-0.15, -0.1) is 0 Å². The third kappa shape index (κ3) is 4.69. The highest BCUT2D eigenvalue weighted by atomic mass is 79.9. The van der Waals surface area contributed by atoms with Gasteiger partial charge in [0.25, 0.3) is 5.91 Å². The number of ether oxygens (including phenoxy) is 1. The van der Waals surface area contributed by atoms with Gasteiger partial charge in [-0.1, -0.05) is 11.6 Å². The van der Waals surface area contributed by atoms with E-state index in [0.29, 0.717) is 26.5 Å². The van der Waals surface area contributed by atoms with Crippen LogP contribution in [-0.2, 0) is 4.79 Å². The second-order valence-corrected chi connectivity index (χ2v) is 6.30. The molecule has 0 bridgehead atoms. The Balaban J connectivity index is 2.04. The molecule has 0 aliphatic heterocycles. The first kappa shape index (κ1) is 18.2. The van der Waals surface area contributed by atoms with Gasteiger partial charge in [0.05, 0.1) is 24.9 Å². The highest BCUT2D eigenvalue weighted by Crippen LogP contribution is 2.27. The molecule has 0 spiro atoms. The standard InChI is InChI=1S/C16H15BrClN3O3/c1-21(16(23)10-5-11(17)8-19-7-10)9-15(22)20-13-6-12(18)3-4-14(13)24-2/h3-8H,9H2,1-2H3,(H,20,22). The Hall–Kier alpha value is -2.12. The number of benzene rings is 1. The van der Waals surface area contributed by atoms with E-state index in [2.05, 4.69) is 26.2 Å². The van der Waals surface area contributed by atoms with Crippen LogP contribution in [0.4, 0.5) is 5.69 Å². The van der Waals surface area contributed by atoms with E-state index >= 15 is 0 Å². The minimum Gasteiger partial charge on any atom is -0.495 e. The summed E-state index contributed by atoms with van der Waals surface area (Å²) in [7, 11) is 3.03. The highest BCUT2D eigenvalue weighted by Gasteiger charge is 2.16. The van der Waals surface area contributed by atoms with Crippen LogP contribution < -0.4 is 10.1 Å². The van der Waals surface area contributed by atoms with E-state index in [1.54, 1.807) is 30.5 Å². The van der Waals surface area contributed by atoms with Crippen molar-refractivity contribution in [2.45, 2.75) is 0 Å². The number of hydrogen-bond donors (Lipinski definition) is 1. The van der Waals surface area contributed by atoms with Gasteiger partial charge in [-0.3, -0.25) is 14.6 Å². The normalized spacial score (nSPS) is 10.2. The monoisotopic (exact) mass is 411 g/mol. The van der Waals surface area contributed by atoms with Gasteiger partial charge in [-0.2, -0.15) is 0 Å². The number of hydrogen-bond acceptors (Lipinski definition) is 4. The number of nitrogens with zero attached hydrogens (tertiary/aromatic N) is 2. The van der Waals surface area contributed by atoms with Crippen molar-refractivity contribution in [2.24, 2.45) is 0 Å². The van der Waals surface area contributed by atoms with E-state index in [-0.39, 0.29) is 18.4 Å². The number of carbonyl (C=O) groups is 2. The van der Waals surface area contributed by atoms with Gasteiger partial charge >= 0.3 is 0 Å². The predicted molar refractivity (Wildman–Crippen MR) is 95.5 cm³/mol. The molecule has 24 heavy (non-hydrogen) atoms. The summed E-state index contributed by atoms with van der Waals surface area (Å²) in [6.07, 6.45) is 3.02. The Labute approximate surface area is 152 Å². The fourth-order valence-corrected chi connectivity index (χ4v) is 2.54. The number of anilines is 1. The van der Waals surface area contributed by atoms with Crippen molar-refractivity contribution in [3.8, 4) is 5.75 Å². The van der Waals surface area contributed by atoms with Crippen LogP contribution in [0.5, 0.6) is 5.75 Å². The number of aromatic nitrogens is 1. The molecule has 1 aromatic carbocycles. The lowest BCUT2D eigenvalue weighted by Gasteiger charge is -2.17. The van der Waals surface area contributed by atoms with E-state index in [9.17, 15) is 9.59 Å². The molecule has 1 N–H and O–H groups in total. The molecule has 0 saturated heterocycles. The Morgan fingerprint density at radius 3 is 2.75 bits per heavy atom. The largest absolute Gasteiger partial charge is 0.495 e. The minimum atomic E-state index is -0.366.